The molecule has 0 aromatic heterocycles. The summed E-state index contributed by atoms with van der Waals surface area (Å²) in [6.45, 7) is 3.35. The predicted molar refractivity (Wildman–Crippen MR) is 247 cm³/mol. The molecule has 0 aliphatic carbocycles. The van der Waals surface area contributed by atoms with Crippen LogP contribution < -0.4 is 9.80 Å². The lowest BCUT2D eigenvalue weighted by Crippen LogP contribution is -2.68. The van der Waals surface area contributed by atoms with E-state index >= 15 is 9.59 Å². The minimum Gasteiger partial charge on any atom is -0.338 e. The Bertz CT molecular complexity index is 2350. The Morgan fingerprint density at radius 2 is 0.955 bits per heavy atom. The number of rotatable bonds is 11. The largest absolute Gasteiger partial charge is 0.416 e. The van der Waals surface area contributed by atoms with E-state index in [1.807, 2.05) is 70.5 Å². The van der Waals surface area contributed by atoms with E-state index in [2.05, 4.69) is 9.80 Å². The molecule has 4 aliphatic heterocycles. The maximum absolute atomic E-state index is 16.0. The Hall–Kier alpha value is -5.38. The van der Waals surface area contributed by atoms with E-state index < -0.39 is 58.0 Å². The fourth-order valence-electron chi connectivity index (χ4n) is 10.4. The normalized spacial score (nSPS) is 19.1. The average Bonchev–Trinajstić information content (AvgIpc) is 3.35. The van der Waals surface area contributed by atoms with Crippen LogP contribution in [0, 0.1) is 11.6 Å². The smallest absolute Gasteiger partial charge is 0.338 e. The van der Waals surface area contributed by atoms with Crippen molar-refractivity contribution in [3.8, 4) is 0 Å². The van der Waals surface area contributed by atoms with Crippen molar-refractivity contribution >= 4 is 46.6 Å². The molecule has 4 fully saturated rings. The number of halogens is 6. The molecule has 67 heavy (non-hydrogen) atoms. The van der Waals surface area contributed by atoms with Crippen LogP contribution in [0.3, 0.4) is 0 Å². The average molecular weight is 947 g/mol. The number of alkyl halides is 3. The lowest BCUT2D eigenvalue weighted by Gasteiger charge is -2.48. The third kappa shape index (κ3) is 10.8. The molecule has 4 aromatic rings. The van der Waals surface area contributed by atoms with Crippen molar-refractivity contribution in [3.05, 3.63) is 130 Å². The zero-order valence-electron chi connectivity index (χ0n) is 37.4. The number of anilines is 2. The lowest BCUT2D eigenvalue weighted by molar-refractivity contribution is -0.137. The zero-order chi connectivity index (χ0) is 47.2. The zero-order valence-corrected chi connectivity index (χ0v) is 38.1. The molecule has 2 unspecified atom stereocenters. The quantitative estimate of drug-likeness (QED) is 0.110. The number of piperidine rings is 4. The minimum absolute atomic E-state index is 0.154. The maximum atomic E-state index is 16.0. The predicted octanol–water partition coefficient (Wildman–Crippen LogP) is 9.32. The van der Waals surface area contributed by atoms with Crippen molar-refractivity contribution in [1.82, 2.24) is 19.6 Å². The molecular formula is C51H56ClF5N6O4. The number of carbonyl (C=O) groups excluding carboxylic acids is 4. The van der Waals surface area contributed by atoms with Crippen molar-refractivity contribution in [2.24, 2.45) is 0 Å². The molecule has 0 saturated carbocycles. The topological polar surface area (TPSA) is 87.7 Å². The van der Waals surface area contributed by atoms with Crippen LogP contribution in [0.5, 0.6) is 0 Å². The molecule has 4 saturated heterocycles. The van der Waals surface area contributed by atoms with Gasteiger partial charge in [0.25, 0.3) is 11.8 Å². The molecule has 0 bridgehead atoms. The molecule has 4 aromatic carbocycles. The van der Waals surface area contributed by atoms with Gasteiger partial charge in [0.2, 0.25) is 11.8 Å². The summed E-state index contributed by atoms with van der Waals surface area (Å²) in [4.78, 5) is 70.4. The minimum atomic E-state index is -4.53. The van der Waals surface area contributed by atoms with Crippen LogP contribution in [0.1, 0.15) is 90.5 Å². The standard InChI is InChI=1S/C51H56ClF5N6O4/c52-42-34-43(53)41(33-44(42)54)48(65)61-31-23-40(24-32-61)63(38-15-7-2-8-16-38)50(67)46(59-27-11-4-12-28-59)45(58-25-9-3-10-26-58)49(66)62(37-13-5-1-6-14-37)39-21-29-60(30-22-39)47(64)35-17-19-36(20-18-35)51(55,56)57/h1-2,5-8,13-20,33-34,39-40,45-46H,3-4,9-12,21-32H2. The highest BCUT2D eigenvalue weighted by Gasteiger charge is 2.49. The monoisotopic (exact) mass is 946 g/mol. The van der Waals surface area contributed by atoms with Gasteiger partial charge in [-0.15, -0.1) is 0 Å². The highest BCUT2D eigenvalue weighted by Crippen LogP contribution is 2.34. The Labute approximate surface area is 393 Å². The SMILES string of the molecule is O=C(c1ccc(C(F)(F)F)cc1)N1CCC(N(C(=O)C(C(C(=O)N(c2ccccc2)C2CCN(C(=O)c3cc(F)c(Cl)cc3F)CC2)N2CCCCC2)N2CCCCC2)c2ccccc2)CC1. The first-order valence-corrected chi connectivity index (χ1v) is 23.8. The summed E-state index contributed by atoms with van der Waals surface area (Å²) in [5.74, 6) is -3.30. The van der Waals surface area contributed by atoms with Gasteiger partial charge in [-0.25, -0.2) is 8.78 Å². The molecule has 356 valence electrons. The molecule has 10 nitrogen and oxygen atoms in total. The number of likely N-dealkylation sites (tertiary alicyclic amines) is 4. The van der Waals surface area contributed by atoms with Gasteiger partial charge in [-0.2, -0.15) is 13.2 Å². The summed E-state index contributed by atoms with van der Waals surface area (Å²) in [5.41, 5.74) is 0.228. The maximum Gasteiger partial charge on any atom is 0.416 e. The van der Waals surface area contributed by atoms with Gasteiger partial charge in [0.1, 0.15) is 23.7 Å². The van der Waals surface area contributed by atoms with Gasteiger partial charge in [-0.1, -0.05) is 60.8 Å². The van der Waals surface area contributed by atoms with Gasteiger partial charge in [0, 0.05) is 55.2 Å². The lowest BCUT2D eigenvalue weighted by atomic mass is 9.92. The molecular weight excluding hydrogens is 891 g/mol. The van der Waals surface area contributed by atoms with Gasteiger partial charge < -0.3 is 19.6 Å². The number of hydrogen-bond donors (Lipinski definition) is 0. The van der Waals surface area contributed by atoms with Crippen molar-refractivity contribution in [2.75, 3.05) is 62.2 Å². The fraction of sp³-hybridized carbons (Fsp3) is 0.451. The Balaban J connectivity index is 1.11. The number of amides is 4. The molecule has 16 heteroatoms. The number of nitrogens with zero attached hydrogens (tertiary/aromatic N) is 6. The Morgan fingerprint density at radius 3 is 1.37 bits per heavy atom. The molecule has 4 heterocycles. The summed E-state index contributed by atoms with van der Waals surface area (Å²) in [6.07, 6.45) is 2.38. The van der Waals surface area contributed by atoms with Gasteiger partial charge in [0.15, 0.2) is 0 Å². The summed E-state index contributed by atoms with van der Waals surface area (Å²) in [6, 6.07) is 22.0. The van der Waals surface area contributed by atoms with Crippen LogP contribution >= 0.6 is 11.6 Å². The Kier molecular flexibility index (Phi) is 15.3. The van der Waals surface area contributed by atoms with Crippen molar-refractivity contribution in [2.45, 2.75) is 94.6 Å². The van der Waals surface area contributed by atoms with E-state index in [0.717, 1.165) is 62.8 Å². The van der Waals surface area contributed by atoms with Gasteiger partial charge in [-0.3, -0.25) is 29.0 Å². The van der Waals surface area contributed by atoms with E-state index in [-0.39, 0.29) is 55.5 Å². The molecule has 0 spiro atoms. The summed E-state index contributed by atoms with van der Waals surface area (Å²) in [5, 5.41) is -0.419. The summed E-state index contributed by atoms with van der Waals surface area (Å²) in [7, 11) is 0. The Morgan fingerprint density at radius 1 is 0.537 bits per heavy atom. The van der Waals surface area contributed by atoms with Crippen molar-refractivity contribution < 1.29 is 41.1 Å². The molecule has 8 rings (SSSR count). The van der Waals surface area contributed by atoms with Gasteiger partial charge in [-0.05, 0) is 138 Å². The van der Waals surface area contributed by atoms with E-state index in [4.69, 9.17) is 11.6 Å². The molecule has 0 radical (unpaired) electrons. The van der Waals surface area contributed by atoms with E-state index in [0.29, 0.717) is 63.2 Å². The molecule has 4 aliphatic rings. The second kappa shape index (κ2) is 21.3. The first-order chi connectivity index (χ1) is 32.3. The second-order valence-electron chi connectivity index (χ2n) is 18.0. The number of benzene rings is 4. The van der Waals surface area contributed by atoms with Crippen LogP contribution in [0.4, 0.5) is 33.3 Å². The summed E-state index contributed by atoms with van der Waals surface area (Å²) < 4.78 is 69.3. The second-order valence-corrected chi connectivity index (χ2v) is 18.4. The number of para-hydroxylation sites is 2. The van der Waals surface area contributed by atoms with E-state index in [9.17, 15) is 31.5 Å². The third-order valence-electron chi connectivity index (χ3n) is 13.9. The summed E-state index contributed by atoms with van der Waals surface area (Å²) >= 11 is 5.78. The van der Waals surface area contributed by atoms with E-state index in [1.54, 1.807) is 4.90 Å². The molecule has 0 N–H and O–H groups in total. The van der Waals surface area contributed by atoms with Crippen LogP contribution in [0.15, 0.2) is 97.1 Å². The van der Waals surface area contributed by atoms with Crippen LogP contribution in [0.25, 0.3) is 0 Å². The van der Waals surface area contributed by atoms with Crippen molar-refractivity contribution in [3.63, 3.8) is 0 Å². The first kappa shape index (κ1) is 48.1. The first-order valence-electron chi connectivity index (χ1n) is 23.4. The number of hydrogen-bond acceptors (Lipinski definition) is 6. The van der Waals surface area contributed by atoms with Crippen molar-refractivity contribution in [1.29, 1.82) is 0 Å². The molecule has 2 atom stereocenters. The third-order valence-corrected chi connectivity index (χ3v) is 14.1. The number of carbonyl (C=O) groups is 4. The van der Waals surface area contributed by atoms with Crippen LogP contribution in [-0.4, -0.2) is 120 Å². The fourth-order valence-corrected chi connectivity index (χ4v) is 10.5. The highest BCUT2D eigenvalue weighted by molar-refractivity contribution is 6.30. The van der Waals surface area contributed by atoms with Gasteiger partial charge >= 0.3 is 6.18 Å². The van der Waals surface area contributed by atoms with Crippen LogP contribution in [-0.2, 0) is 15.8 Å². The van der Waals surface area contributed by atoms with Gasteiger partial charge in [0.05, 0.1) is 16.1 Å². The van der Waals surface area contributed by atoms with Crippen LogP contribution in [0.2, 0.25) is 5.02 Å². The highest BCUT2D eigenvalue weighted by atomic mass is 35.5. The van der Waals surface area contributed by atoms with E-state index in [1.165, 1.54) is 17.0 Å². The molecule has 4 amide bonds.